The first kappa shape index (κ1) is 29.9. The Morgan fingerprint density at radius 3 is 2.26 bits per heavy atom. The van der Waals surface area contributed by atoms with E-state index in [1.54, 1.807) is 13.0 Å². The number of nitrogens with one attached hydrogen (secondary N) is 2. The Labute approximate surface area is 251 Å². The molecule has 0 aromatic heterocycles. The van der Waals surface area contributed by atoms with Gasteiger partial charge in [-0.25, -0.2) is 0 Å². The molecular formula is C37H46N2O3. The van der Waals surface area contributed by atoms with Crippen molar-refractivity contribution >= 4 is 23.1 Å². The van der Waals surface area contributed by atoms with E-state index in [2.05, 4.69) is 61.7 Å². The van der Waals surface area contributed by atoms with E-state index in [0.29, 0.717) is 35.8 Å². The van der Waals surface area contributed by atoms with Crippen molar-refractivity contribution in [3.63, 3.8) is 0 Å². The molecule has 3 aromatic rings. The van der Waals surface area contributed by atoms with E-state index in [-0.39, 0.29) is 17.4 Å². The minimum Gasteiger partial charge on any atom is -0.506 e. The van der Waals surface area contributed by atoms with E-state index in [9.17, 15) is 14.7 Å². The third-order valence-electron chi connectivity index (χ3n) is 10.4. The summed E-state index contributed by atoms with van der Waals surface area (Å²) in [4.78, 5) is 26.2. The van der Waals surface area contributed by atoms with E-state index in [4.69, 9.17) is 0 Å². The molecule has 0 spiro atoms. The minimum absolute atomic E-state index is 0.0398. The lowest BCUT2D eigenvalue weighted by atomic mass is 9.68. The van der Waals surface area contributed by atoms with Gasteiger partial charge in [0.15, 0.2) is 0 Å². The van der Waals surface area contributed by atoms with Crippen LogP contribution < -0.4 is 10.6 Å². The van der Waals surface area contributed by atoms with Crippen LogP contribution in [0.3, 0.4) is 0 Å². The van der Waals surface area contributed by atoms with Crippen LogP contribution in [-0.4, -0.2) is 23.8 Å². The first-order valence-electron chi connectivity index (χ1n) is 15.6. The van der Waals surface area contributed by atoms with Crippen LogP contribution >= 0.6 is 0 Å². The maximum Gasteiger partial charge on any atom is 0.230 e. The van der Waals surface area contributed by atoms with Crippen molar-refractivity contribution in [2.24, 2.45) is 29.1 Å². The number of rotatable bonds is 10. The van der Waals surface area contributed by atoms with Crippen LogP contribution in [0.2, 0.25) is 0 Å². The summed E-state index contributed by atoms with van der Waals surface area (Å²) in [5.74, 6) is 2.01. The van der Waals surface area contributed by atoms with Crippen LogP contribution in [0.25, 0.3) is 0 Å². The number of Topliss-reactive ketones (excluding diaryl/α,β-unsaturated/α-hetero) is 1. The third-order valence-corrected chi connectivity index (χ3v) is 10.4. The summed E-state index contributed by atoms with van der Waals surface area (Å²) in [6, 6.07) is 24.3. The van der Waals surface area contributed by atoms with Crippen molar-refractivity contribution < 1.29 is 14.7 Å². The highest BCUT2D eigenvalue weighted by molar-refractivity contribution is 5.96. The second kappa shape index (κ2) is 11.9. The van der Waals surface area contributed by atoms with Crippen molar-refractivity contribution in [2.75, 3.05) is 17.7 Å². The van der Waals surface area contributed by atoms with Crippen molar-refractivity contribution in [1.82, 2.24) is 0 Å². The van der Waals surface area contributed by atoms with E-state index in [0.717, 1.165) is 54.5 Å². The molecule has 42 heavy (non-hydrogen) atoms. The van der Waals surface area contributed by atoms with Crippen LogP contribution in [0.15, 0.2) is 72.8 Å². The molecule has 1 amide bonds. The highest BCUT2D eigenvalue weighted by atomic mass is 16.3. The normalized spacial score (nSPS) is 26.3. The molecule has 0 heterocycles. The average molecular weight is 567 g/mol. The standard InChI is InChI=1S/C37H46N2O3/c1-6-11-31-25-19-26(32(31)18-24(2)40)23-36(3,22-25)35(42)39-33-21-29(16-17-34(33)41)37(4,27-12-8-7-9-13-27)28-14-10-15-30(20-28)38-5/h7-10,12-17,20-21,25-26,31-32,38,41H,6,11,18-19,22-23H2,1-5H3,(H,39,42). The fourth-order valence-corrected chi connectivity index (χ4v) is 8.24. The van der Waals surface area contributed by atoms with Crippen LogP contribution in [0.1, 0.15) is 82.9 Å². The number of aromatic hydroxyl groups is 1. The quantitative estimate of drug-likeness (QED) is 0.171. The number of benzene rings is 3. The Hall–Kier alpha value is -3.60. The summed E-state index contributed by atoms with van der Waals surface area (Å²) in [5.41, 5.74) is 3.60. The topological polar surface area (TPSA) is 78.4 Å². The molecule has 5 nitrogen and oxygen atoms in total. The van der Waals surface area contributed by atoms with Gasteiger partial charge in [-0.1, -0.05) is 75.2 Å². The molecule has 6 unspecified atom stereocenters. The zero-order valence-corrected chi connectivity index (χ0v) is 25.7. The highest BCUT2D eigenvalue weighted by Gasteiger charge is 2.53. The SMILES string of the molecule is CCCC1C2CC(CC(C)(C(=O)Nc3cc(C(C)(c4ccccc4)c4cccc(NC)c4)ccc3O)C2)C1CC(C)=O. The van der Waals surface area contributed by atoms with Crippen molar-refractivity contribution in [2.45, 2.75) is 71.6 Å². The summed E-state index contributed by atoms with van der Waals surface area (Å²) in [5, 5.41) is 17.4. The first-order valence-corrected chi connectivity index (χ1v) is 15.6. The number of ketones is 1. The number of carbonyl (C=O) groups excluding carboxylic acids is 2. The van der Waals surface area contributed by atoms with E-state index >= 15 is 0 Å². The van der Waals surface area contributed by atoms with Crippen LogP contribution in [0, 0.1) is 29.1 Å². The zero-order valence-electron chi connectivity index (χ0n) is 25.7. The molecule has 0 radical (unpaired) electrons. The second-order valence-electron chi connectivity index (χ2n) is 13.3. The molecule has 0 aliphatic heterocycles. The summed E-state index contributed by atoms with van der Waals surface area (Å²) >= 11 is 0. The number of amides is 1. The number of fused-ring (bicyclic) bond motifs is 2. The van der Waals surface area contributed by atoms with Gasteiger partial charge in [-0.15, -0.1) is 0 Å². The molecule has 6 atom stereocenters. The van der Waals surface area contributed by atoms with Crippen molar-refractivity contribution in [3.05, 3.63) is 89.5 Å². The van der Waals surface area contributed by atoms with Gasteiger partial charge in [-0.3, -0.25) is 4.79 Å². The Morgan fingerprint density at radius 2 is 1.60 bits per heavy atom. The molecule has 5 rings (SSSR count). The number of anilines is 2. The Balaban J connectivity index is 1.47. The molecule has 2 saturated carbocycles. The number of carbonyl (C=O) groups is 2. The van der Waals surface area contributed by atoms with E-state index in [1.807, 2.05) is 43.4 Å². The monoisotopic (exact) mass is 566 g/mol. The maximum atomic E-state index is 14.0. The van der Waals surface area contributed by atoms with Gasteiger partial charge < -0.3 is 20.5 Å². The van der Waals surface area contributed by atoms with Crippen molar-refractivity contribution in [1.29, 1.82) is 0 Å². The number of hydrogen-bond donors (Lipinski definition) is 3. The van der Waals surface area contributed by atoms with Crippen LogP contribution in [0.4, 0.5) is 11.4 Å². The molecule has 222 valence electrons. The fourth-order valence-electron chi connectivity index (χ4n) is 8.24. The molecule has 0 saturated heterocycles. The van der Waals surface area contributed by atoms with Gasteiger partial charge in [-0.05, 0) is 97.7 Å². The van der Waals surface area contributed by atoms with Gasteiger partial charge in [0, 0.05) is 30.0 Å². The molecule has 2 bridgehead atoms. The Bertz CT molecular complexity index is 1440. The van der Waals surface area contributed by atoms with Gasteiger partial charge in [0.05, 0.1) is 5.69 Å². The summed E-state index contributed by atoms with van der Waals surface area (Å²) < 4.78 is 0. The predicted octanol–water partition coefficient (Wildman–Crippen LogP) is 8.17. The van der Waals surface area contributed by atoms with Gasteiger partial charge in [0.1, 0.15) is 11.5 Å². The zero-order chi connectivity index (χ0) is 30.1. The molecule has 5 heteroatoms. The maximum absolute atomic E-state index is 14.0. The number of phenolic OH excluding ortho intramolecular Hbond substituents is 1. The Kier molecular flexibility index (Phi) is 8.50. The fraction of sp³-hybridized carbons (Fsp3) is 0.459. The molecular weight excluding hydrogens is 520 g/mol. The lowest BCUT2D eigenvalue weighted by Crippen LogP contribution is -2.39. The van der Waals surface area contributed by atoms with E-state index in [1.165, 1.54) is 0 Å². The third kappa shape index (κ3) is 5.58. The number of phenols is 1. The minimum atomic E-state index is -0.544. The summed E-state index contributed by atoms with van der Waals surface area (Å²) in [7, 11) is 1.91. The molecule has 2 aliphatic rings. The predicted molar refractivity (Wildman–Crippen MR) is 171 cm³/mol. The Morgan fingerprint density at radius 1 is 0.929 bits per heavy atom. The van der Waals surface area contributed by atoms with Gasteiger partial charge in [0.2, 0.25) is 5.91 Å². The van der Waals surface area contributed by atoms with E-state index < -0.39 is 10.8 Å². The first-order chi connectivity index (χ1) is 20.1. The summed E-state index contributed by atoms with van der Waals surface area (Å²) in [6.45, 7) is 8.19. The molecule has 2 fully saturated rings. The lowest BCUT2D eigenvalue weighted by Gasteiger charge is -2.37. The average Bonchev–Trinajstić information content (AvgIpc) is 3.22. The smallest absolute Gasteiger partial charge is 0.230 e. The highest BCUT2D eigenvalue weighted by Crippen LogP contribution is 2.58. The van der Waals surface area contributed by atoms with Crippen LogP contribution in [0.5, 0.6) is 5.75 Å². The molecule has 3 aromatic carbocycles. The van der Waals surface area contributed by atoms with Gasteiger partial charge in [0.25, 0.3) is 0 Å². The molecule has 3 N–H and O–H groups in total. The van der Waals surface area contributed by atoms with Crippen molar-refractivity contribution in [3.8, 4) is 5.75 Å². The van der Waals surface area contributed by atoms with Gasteiger partial charge >= 0.3 is 0 Å². The lowest BCUT2D eigenvalue weighted by molar-refractivity contribution is -0.127. The summed E-state index contributed by atoms with van der Waals surface area (Å²) in [6.07, 6.45) is 5.57. The second-order valence-corrected chi connectivity index (χ2v) is 13.3. The van der Waals surface area contributed by atoms with Crippen LogP contribution in [-0.2, 0) is 15.0 Å². The van der Waals surface area contributed by atoms with Gasteiger partial charge in [-0.2, -0.15) is 0 Å². The molecule has 2 aliphatic carbocycles. The number of hydrogen-bond acceptors (Lipinski definition) is 4. The largest absolute Gasteiger partial charge is 0.506 e.